The van der Waals surface area contributed by atoms with Gasteiger partial charge in [0.25, 0.3) is 0 Å². The first-order valence-electron chi connectivity index (χ1n) is 5.98. The molecule has 0 aromatic heterocycles. The highest BCUT2D eigenvalue weighted by Gasteiger charge is 2.15. The number of anilines is 1. The lowest BCUT2D eigenvalue weighted by Crippen LogP contribution is -2.36. The Hall–Kier alpha value is -1.18. The first-order valence-corrected chi connectivity index (χ1v) is 7.46. The lowest BCUT2D eigenvalue weighted by Gasteiger charge is -2.20. The number of rotatable bonds is 6. The Morgan fingerprint density at radius 1 is 1.37 bits per heavy atom. The predicted octanol–water partition coefficient (Wildman–Crippen LogP) is 1.03. The number of nitrogen functional groups attached to an aromatic ring is 1. The molecule has 0 amide bonds. The Morgan fingerprint density at radius 2 is 2.00 bits per heavy atom. The molecule has 0 heterocycles. The van der Waals surface area contributed by atoms with Crippen LogP contribution in [0.25, 0.3) is 0 Å². The molecule has 108 valence electrons. The van der Waals surface area contributed by atoms with Crippen LogP contribution in [0.2, 0.25) is 0 Å². The van der Waals surface area contributed by atoms with Gasteiger partial charge < -0.3 is 10.6 Å². The second-order valence-electron chi connectivity index (χ2n) is 4.69. The maximum absolute atomic E-state index is 13.1. The largest absolute Gasteiger partial charge is 0.399 e. The van der Waals surface area contributed by atoms with Crippen LogP contribution >= 0.6 is 0 Å². The minimum atomic E-state index is -3.72. The topological polar surface area (TPSA) is 75.4 Å². The van der Waals surface area contributed by atoms with Crippen LogP contribution in [-0.2, 0) is 10.0 Å². The van der Waals surface area contributed by atoms with Gasteiger partial charge in [-0.05, 0) is 39.1 Å². The second-order valence-corrected chi connectivity index (χ2v) is 6.46. The van der Waals surface area contributed by atoms with E-state index in [1.54, 1.807) is 0 Å². The highest BCUT2D eigenvalue weighted by molar-refractivity contribution is 7.89. The quantitative estimate of drug-likeness (QED) is 0.767. The highest BCUT2D eigenvalue weighted by Crippen LogP contribution is 2.15. The third-order valence-corrected chi connectivity index (χ3v) is 4.28. The van der Waals surface area contributed by atoms with Crippen molar-refractivity contribution in [3.63, 3.8) is 0 Å². The van der Waals surface area contributed by atoms with Crippen molar-refractivity contribution in [1.82, 2.24) is 9.62 Å². The molecule has 1 rings (SSSR count). The zero-order chi connectivity index (χ0) is 14.6. The van der Waals surface area contributed by atoms with E-state index in [-0.39, 0.29) is 17.1 Å². The van der Waals surface area contributed by atoms with Gasteiger partial charge in [-0.1, -0.05) is 0 Å². The van der Waals surface area contributed by atoms with Crippen LogP contribution in [0, 0.1) is 5.82 Å². The Kier molecular flexibility index (Phi) is 5.28. The number of nitrogens with zero attached hydrogens (tertiary/aromatic N) is 1. The zero-order valence-corrected chi connectivity index (χ0v) is 12.2. The van der Waals surface area contributed by atoms with Crippen molar-refractivity contribution < 1.29 is 12.8 Å². The molecule has 1 aromatic carbocycles. The van der Waals surface area contributed by atoms with Gasteiger partial charge in [0.1, 0.15) is 5.82 Å². The summed E-state index contributed by atoms with van der Waals surface area (Å²) in [5.41, 5.74) is 5.52. The molecular weight excluding hydrogens is 269 g/mol. The van der Waals surface area contributed by atoms with Crippen molar-refractivity contribution in [2.45, 2.75) is 24.8 Å². The van der Waals surface area contributed by atoms with Gasteiger partial charge in [0, 0.05) is 24.8 Å². The second kappa shape index (κ2) is 6.31. The van der Waals surface area contributed by atoms with E-state index in [1.165, 1.54) is 6.07 Å². The van der Waals surface area contributed by atoms with Crippen LogP contribution in [0.1, 0.15) is 13.8 Å². The van der Waals surface area contributed by atoms with Gasteiger partial charge in [0.2, 0.25) is 10.0 Å². The number of nitrogens with one attached hydrogen (secondary N) is 1. The van der Waals surface area contributed by atoms with E-state index in [9.17, 15) is 12.8 Å². The van der Waals surface area contributed by atoms with Crippen molar-refractivity contribution in [3.8, 4) is 0 Å². The van der Waals surface area contributed by atoms with Gasteiger partial charge in [-0.25, -0.2) is 17.5 Å². The lowest BCUT2D eigenvalue weighted by atomic mass is 10.3. The molecule has 0 aliphatic carbocycles. The molecule has 0 fully saturated rings. The van der Waals surface area contributed by atoms with Crippen LogP contribution in [-0.4, -0.2) is 39.5 Å². The fourth-order valence-corrected chi connectivity index (χ4v) is 2.52. The van der Waals surface area contributed by atoms with Crippen molar-refractivity contribution in [3.05, 3.63) is 24.0 Å². The molecular formula is C12H20FN3O2S. The van der Waals surface area contributed by atoms with Crippen LogP contribution < -0.4 is 10.5 Å². The third-order valence-electron chi connectivity index (χ3n) is 2.84. The third kappa shape index (κ3) is 4.77. The van der Waals surface area contributed by atoms with E-state index < -0.39 is 15.8 Å². The first-order chi connectivity index (χ1) is 8.72. The molecule has 0 spiro atoms. The Labute approximate surface area is 113 Å². The molecule has 7 heteroatoms. The summed E-state index contributed by atoms with van der Waals surface area (Å²) in [5.74, 6) is -0.667. The van der Waals surface area contributed by atoms with E-state index in [0.717, 1.165) is 12.1 Å². The van der Waals surface area contributed by atoms with E-state index in [0.29, 0.717) is 12.6 Å². The van der Waals surface area contributed by atoms with Crippen molar-refractivity contribution in [2.24, 2.45) is 0 Å². The molecule has 0 aliphatic heterocycles. The summed E-state index contributed by atoms with van der Waals surface area (Å²) < 4.78 is 39.4. The molecule has 1 aromatic rings. The molecule has 0 atom stereocenters. The number of nitrogens with two attached hydrogens (primary N) is 1. The summed E-state index contributed by atoms with van der Waals surface area (Å²) in [6, 6.07) is 3.59. The average molecular weight is 289 g/mol. The highest BCUT2D eigenvalue weighted by atomic mass is 32.2. The van der Waals surface area contributed by atoms with E-state index in [4.69, 9.17) is 5.73 Å². The number of hydrogen-bond donors (Lipinski definition) is 2. The van der Waals surface area contributed by atoms with E-state index in [2.05, 4.69) is 4.72 Å². The minimum absolute atomic E-state index is 0.0830. The monoisotopic (exact) mass is 289 g/mol. The summed E-state index contributed by atoms with van der Waals surface area (Å²) in [6.07, 6.45) is 0. The zero-order valence-electron chi connectivity index (χ0n) is 11.4. The van der Waals surface area contributed by atoms with Gasteiger partial charge >= 0.3 is 0 Å². The fraction of sp³-hybridized carbons (Fsp3) is 0.500. The molecule has 3 N–H and O–H groups in total. The maximum Gasteiger partial charge on any atom is 0.240 e. The van der Waals surface area contributed by atoms with Gasteiger partial charge in [0.05, 0.1) is 4.90 Å². The van der Waals surface area contributed by atoms with Gasteiger partial charge in [0.15, 0.2) is 0 Å². The van der Waals surface area contributed by atoms with E-state index in [1.807, 2.05) is 25.8 Å². The van der Waals surface area contributed by atoms with Crippen molar-refractivity contribution >= 4 is 15.7 Å². The summed E-state index contributed by atoms with van der Waals surface area (Å²) in [6.45, 7) is 4.86. The predicted molar refractivity (Wildman–Crippen MR) is 73.8 cm³/mol. The smallest absolute Gasteiger partial charge is 0.240 e. The van der Waals surface area contributed by atoms with Crippen LogP contribution in [0.4, 0.5) is 10.1 Å². The molecule has 0 aliphatic rings. The Morgan fingerprint density at radius 3 is 2.53 bits per heavy atom. The molecule has 0 saturated carbocycles. The molecule has 0 radical (unpaired) electrons. The summed E-state index contributed by atoms with van der Waals surface area (Å²) >= 11 is 0. The normalized spacial score (nSPS) is 12.3. The number of sulfonamides is 1. The lowest BCUT2D eigenvalue weighted by molar-refractivity contribution is 0.278. The van der Waals surface area contributed by atoms with Crippen molar-refractivity contribution in [1.29, 1.82) is 0 Å². The maximum atomic E-state index is 13.1. The number of hydrogen-bond acceptors (Lipinski definition) is 4. The van der Waals surface area contributed by atoms with Crippen LogP contribution in [0.5, 0.6) is 0 Å². The molecule has 5 nitrogen and oxygen atoms in total. The van der Waals surface area contributed by atoms with Gasteiger partial charge in [-0.2, -0.15) is 0 Å². The van der Waals surface area contributed by atoms with Gasteiger partial charge in [-0.3, -0.25) is 0 Å². The standard InChI is InChI=1S/C12H20FN3O2S/c1-9(2)16(3)5-4-15-19(17,18)12-7-10(13)6-11(14)8-12/h6-9,15H,4-5,14H2,1-3H3. The van der Waals surface area contributed by atoms with Crippen molar-refractivity contribution in [2.75, 3.05) is 25.9 Å². The minimum Gasteiger partial charge on any atom is -0.399 e. The average Bonchev–Trinajstić information content (AvgIpc) is 2.27. The summed E-state index contributed by atoms with van der Waals surface area (Å²) in [4.78, 5) is 1.85. The molecule has 0 saturated heterocycles. The Balaban J connectivity index is 2.71. The van der Waals surface area contributed by atoms with E-state index >= 15 is 0 Å². The molecule has 0 unspecified atom stereocenters. The molecule has 19 heavy (non-hydrogen) atoms. The fourth-order valence-electron chi connectivity index (χ4n) is 1.44. The summed E-state index contributed by atoms with van der Waals surface area (Å²) in [7, 11) is -1.82. The number of likely N-dealkylation sites (N-methyl/N-ethyl adjacent to an activating group) is 1. The number of benzene rings is 1. The number of halogens is 1. The first kappa shape index (κ1) is 15.9. The molecule has 0 bridgehead atoms. The SMILES string of the molecule is CC(C)N(C)CCNS(=O)(=O)c1cc(N)cc(F)c1. The summed E-state index contributed by atoms with van der Waals surface area (Å²) in [5, 5.41) is 0. The van der Waals surface area contributed by atoms with Crippen LogP contribution in [0.15, 0.2) is 23.1 Å². The Bertz CT molecular complexity index is 512. The van der Waals surface area contributed by atoms with Crippen LogP contribution in [0.3, 0.4) is 0 Å². The van der Waals surface area contributed by atoms with Gasteiger partial charge in [-0.15, -0.1) is 0 Å².